The van der Waals surface area contributed by atoms with Crippen LogP contribution in [0.4, 0.5) is 0 Å². The Morgan fingerprint density at radius 1 is 1.22 bits per heavy atom. The van der Waals surface area contributed by atoms with E-state index < -0.39 is 0 Å². The maximum absolute atomic E-state index is 12.4. The number of nitrogens with one attached hydrogen (secondary N) is 1. The van der Waals surface area contributed by atoms with Gasteiger partial charge < -0.3 is 14.8 Å². The van der Waals surface area contributed by atoms with Crippen LogP contribution in [-0.4, -0.2) is 34.2 Å². The third kappa shape index (κ3) is 4.92. The van der Waals surface area contributed by atoms with Crippen LogP contribution in [0.25, 0.3) is 10.9 Å². The fourth-order valence-corrected chi connectivity index (χ4v) is 3.65. The molecule has 1 aromatic heterocycles. The van der Waals surface area contributed by atoms with E-state index in [1.807, 2.05) is 38.1 Å². The number of aromatic nitrogens is 2. The zero-order chi connectivity index (χ0) is 22.6. The molecule has 164 valence electrons. The van der Waals surface area contributed by atoms with Crippen LogP contribution in [0.1, 0.15) is 25.8 Å². The normalized spacial score (nSPS) is 13.6. The molecule has 0 radical (unpaired) electrons. The van der Waals surface area contributed by atoms with E-state index in [0.29, 0.717) is 16.7 Å². The summed E-state index contributed by atoms with van der Waals surface area (Å²) in [5.41, 5.74) is 1.39. The number of fused-ring (bicyclic) bond motifs is 2. The molecule has 1 aliphatic heterocycles. The average molecular weight is 431 g/mol. The predicted molar refractivity (Wildman–Crippen MR) is 122 cm³/mol. The SMILES string of the molecule is CC1(C)Cc2cccc(OCC#CCNC(=O)CCn3cnc4ccccc4c3=O)c2O1. The van der Waals surface area contributed by atoms with Crippen molar-refractivity contribution in [2.45, 2.75) is 38.8 Å². The van der Waals surface area contributed by atoms with Gasteiger partial charge >= 0.3 is 0 Å². The molecule has 0 atom stereocenters. The standard InChI is InChI=1S/C25H25N3O4/c1-25(2)16-18-8-7-11-21(23(18)32-25)31-15-6-5-13-26-22(29)12-14-28-17-27-20-10-4-3-9-19(20)24(28)30/h3-4,7-11,17H,12-16H2,1-2H3,(H,26,29). The second-order valence-corrected chi connectivity index (χ2v) is 8.21. The van der Waals surface area contributed by atoms with E-state index in [9.17, 15) is 9.59 Å². The molecule has 1 aliphatic rings. The first-order chi connectivity index (χ1) is 15.4. The third-order valence-corrected chi connectivity index (χ3v) is 5.17. The molecule has 0 spiro atoms. The van der Waals surface area contributed by atoms with Gasteiger partial charge in [0.2, 0.25) is 5.91 Å². The fraction of sp³-hybridized carbons (Fsp3) is 0.320. The zero-order valence-corrected chi connectivity index (χ0v) is 18.2. The van der Waals surface area contributed by atoms with Crippen molar-refractivity contribution < 1.29 is 14.3 Å². The zero-order valence-electron chi connectivity index (χ0n) is 18.2. The van der Waals surface area contributed by atoms with Gasteiger partial charge in [0.15, 0.2) is 11.5 Å². The second kappa shape index (κ2) is 9.15. The van der Waals surface area contributed by atoms with E-state index >= 15 is 0 Å². The minimum atomic E-state index is -0.230. The van der Waals surface area contributed by atoms with E-state index in [-0.39, 0.29) is 43.2 Å². The van der Waals surface area contributed by atoms with Crippen LogP contribution in [0.5, 0.6) is 11.5 Å². The third-order valence-electron chi connectivity index (χ3n) is 5.17. The molecule has 1 amide bonds. The Hall–Kier alpha value is -3.79. The second-order valence-electron chi connectivity index (χ2n) is 8.21. The number of rotatable bonds is 6. The molecule has 32 heavy (non-hydrogen) atoms. The molecule has 0 saturated heterocycles. The minimum Gasteiger partial charge on any atom is -0.483 e. The van der Waals surface area contributed by atoms with E-state index in [4.69, 9.17) is 9.47 Å². The summed E-state index contributed by atoms with van der Waals surface area (Å²) in [7, 11) is 0. The number of carbonyl (C=O) groups excluding carboxylic acids is 1. The molecule has 4 rings (SSSR count). The summed E-state index contributed by atoms with van der Waals surface area (Å²) >= 11 is 0. The first-order valence-corrected chi connectivity index (χ1v) is 10.5. The Labute approximate surface area is 186 Å². The number of hydrogen-bond acceptors (Lipinski definition) is 5. The van der Waals surface area contributed by atoms with E-state index in [2.05, 4.69) is 22.1 Å². The Morgan fingerprint density at radius 3 is 2.94 bits per heavy atom. The van der Waals surface area contributed by atoms with Crippen LogP contribution in [-0.2, 0) is 17.8 Å². The van der Waals surface area contributed by atoms with Crippen molar-refractivity contribution in [2.24, 2.45) is 0 Å². The molecular formula is C25H25N3O4. The monoisotopic (exact) mass is 431 g/mol. The predicted octanol–water partition coefficient (Wildman–Crippen LogP) is 2.70. The number of para-hydroxylation sites is 2. The number of amides is 1. The van der Waals surface area contributed by atoms with Gasteiger partial charge in [-0.2, -0.15) is 0 Å². The van der Waals surface area contributed by atoms with Crippen molar-refractivity contribution >= 4 is 16.8 Å². The van der Waals surface area contributed by atoms with Crippen molar-refractivity contribution in [3.8, 4) is 23.3 Å². The van der Waals surface area contributed by atoms with Crippen LogP contribution in [0.15, 0.2) is 53.6 Å². The number of hydrogen-bond donors (Lipinski definition) is 1. The lowest BCUT2D eigenvalue weighted by atomic mass is 10.0. The summed E-state index contributed by atoms with van der Waals surface area (Å²) in [6.45, 7) is 4.77. The van der Waals surface area contributed by atoms with E-state index in [0.717, 1.165) is 17.7 Å². The average Bonchev–Trinajstić information content (AvgIpc) is 3.10. The molecule has 0 bridgehead atoms. The Kier molecular flexibility index (Phi) is 6.13. The molecule has 0 aliphatic carbocycles. The highest BCUT2D eigenvalue weighted by molar-refractivity contribution is 5.77. The van der Waals surface area contributed by atoms with Crippen LogP contribution >= 0.6 is 0 Å². The van der Waals surface area contributed by atoms with Gasteiger partial charge in [0.25, 0.3) is 5.56 Å². The summed E-state index contributed by atoms with van der Waals surface area (Å²) in [5, 5.41) is 3.27. The summed E-state index contributed by atoms with van der Waals surface area (Å²) in [5.74, 6) is 7.05. The lowest BCUT2D eigenvalue weighted by Gasteiger charge is -2.17. The topological polar surface area (TPSA) is 82.5 Å². The largest absolute Gasteiger partial charge is 0.483 e. The number of ether oxygens (including phenoxy) is 2. The number of aryl methyl sites for hydroxylation is 1. The lowest BCUT2D eigenvalue weighted by Crippen LogP contribution is -2.27. The van der Waals surface area contributed by atoms with Gasteiger partial charge in [0.1, 0.15) is 12.2 Å². The Morgan fingerprint density at radius 2 is 2.06 bits per heavy atom. The molecule has 0 fully saturated rings. The maximum atomic E-state index is 12.4. The van der Waals surface area contributed by atoms with E-state index in [1.165, 1.54) is 10.9 Å². The first-order valence-electron chi connectivity index (χ1n) is 10.5. The van der Waals surface area contributed by atoms with Gasteiger partial charge in [-0.15, -0.1) is 0 Å². The number of nitrogens with zero attached hydrogens (tertiary/aromatic N) is 2. The fourth-order valence-electron chi connectivity index (χ4n) is 3.65. The molecule has 3 aromatic rings. The maximum Gasteiger partial charge on any atom is 0.261 e. The number of carbonyl (C=O) groups is 1. The van der Waals surface area contributed by atoms with Gasteiger partial charge in [-0.3, -0.25) is 14.2 Å². The molecule has 0 saturated carbocycles. The molecule has 7 nitrogen and oxygen atoms in total. The van der Waals surface area contributed by atoms with Gasteiger partial charge in [-0.1, -0.05) is 36.1 Å². The highest BCUT2D eigenvalue weighted by Crippen LogP contribution is 2.41. The lowest BCUT2D eigenvalue weighted by molar-refractivity contribution is -0.121. The van der Waals surface area contributed by atoms with E-state index in [1.54, 1.807) is 18.2 Å². The Bertz CT molecular complexity index is 1270. The van der Waals surface area contributed by atoms with Crippen molar-refractivity contribution in [1.82, 2.24) is 14.9 Å². The van der Waals surface area contributed by atoms with Crippen molar-refractivity contribution in [3.05, 3.63) is 64.7 Å². The van der Waals surface area contributed by atoms with Crippen molar-refractivity contribution in [2.75, 3.05) is 13.2 Å². The molecule has 2 heterocycles. The van der Waals surface area contributed by atoms with Crippen molar-refractivity contribution in [3.63, 3.8) is 0 Å². The molecule has 2 aromatic carbocycles. The Balaban J connectivity index is 1.22. The van der Waals surface area contributed by atoms with Crippen LogP contribution in [0.2, 0.25) is 0 Å². The molecule has 1 N–H and O–H groups in total. The first kappa shape index (κ1) is 21.4. The van der Waals surface area contributed by atoms with Crippen LogP contribution < -0.4 is 20.3 Å². The van der Waals surface area contributed by atoms with Crippen LogP contribution in [0, 0.1) is 11.8 Å². The minimum absolute atomic E-state index is 0.153. The summed E-state index contributed by atoms with van der Waals surface area (Å²) in [6.07, 6.45) is 2.49. The van der Waals surface area contributed by atoms with Crippen LogP contribution in [0.3, 0.4) is 0 Å². The quantitative estimate of drug-likeness (QED) is 0.607. The highest BCUT2D eigenvalue weighted by Gasteiger charge is 2.32. The summed E-state index contributed by atoms with van der Waals surface area (Å²) in [4.78, 5) is 28.8. The highest BCUT2D eigenvalue weighted by atomic mass is 16.5. The number of benzene rings is 2. The summed E-state index contributed by atoms with van der Waals surface area (Å²) in [6, 6.07) is 13.0. The van der Waals surface area contributed by atoms with Gasteiger partial charge in [0, 0.05) is 24.9 Å². The van der Waals surface area contributed by atoms with Crippen molar-refractivity contribution in [1.29, 1.82) is 0 Å². The van der Waals surface area contributed by atoms with Gasteiger partial charge in [-0.05, 0) is 32.0 Å². The van der Waals surface area contributed by atoms with Gasteiger partial charge in [0.05, 0.1) is 23.8 Å². The molecule has 7 heteroatoms. The summed E-state index contributed by atoms with van der Waals surface area (Å²) < 4.78 is 13.2. The smallest absolute Gasteiger partial charge is 0.261 e. The molecule has 0 unspecified atom stereocenters. The van der Waals surface area contributed by atoms with Gasteiger partial charge in [-0.25, -0.2) is 4.98 Å². The molecular weight excluding hydrogens is 406 g/mol.